The molecule has 0 saturated carbocycles. The Balaban J connectivity index is 1.60. The Labute approximate surface area is 192 Å². The number of amides is 1. The summed E-state index contributed by atoms with van der Waals surface area (Å²) in [5.41, 5.74) is 1.77. The number of nitrogens with one attached hydrogen (secondary N) is 1. The van der Waals surface area contributed by atoms with Crippen molar-refractivity contribution in [1.29, 1.82) is 0 Å². The maximum Gasteiger partial charge on any atom is 0.265 e. The minimum absolute atomic E-state index is 0.0500. The normalized spacial score (nSPS) is 16.8. The van der Waals surface area contributed by atoms with Crippen LogP contribution in [0.2, 0.25) is 0 Å². The summed E-state index contributed by atoms with van der Waals surface area (Å²) in [5.74, 6) is 0.326. The fraction of sp³-hybridized carbons (Fsp3) is 0.480. The molecule has 2 aromatic carbocycles. The van der Waals surface area contributed by atoms with Gasteiger partial charge < -0.3 is 10.1 Å². The van der Waals surface area contributed by atoms with E-state index in [4.69, 9.17) is 4.74 Å². The summed E-state index contributed by atoms with van der Waals surface area (Å²) in [6.45, 7) is 9.24. The molecule has 1 aliphatic rings. The summed E-state index contributed by atoms with van der Waals surface area (Å²) >= 11 is 0. The number of hydrogen-bond donors (Lipinski definition) is 1. The second-order valence-corrected chi connectivity index (χ2v) is 11.3. The van der Waals surface area contributed by atoms with Crippen LogP contribution in [-0.4, -0.2) is 37.8 Å². The fourth-order valence-corrected chi connectivity index (χ4v) is 5.19. The van der Waals surface area contributed by atoms with Gasteiger partial charge in [0, 0.05) is 18.8 Å². The number of hydrogen-bond acceptors (Lipinski definition) is 4. The molecule has 1 aliphatic heterocycles. The Kier molecular flexibility index (Phi) is 7.62. The highest BCUT2D eigenvalue weighted by Crippen LogP contribution is 2.25. The molecule has 1 N–H and O–H groups in total. The summed E-state index contributed by atoms with van der Waals surface area (Å²) < 4.78 is 33.1. The number of carbonyl (C=O) groups is 1. The number of carbonyl (C=O) groups excluding carboxylic acids is 1. The number of ether oxygens (including phenoxy) is 1. The fourth-order valence-electron chi connectivity index (χ4n) is 3.68. The van der Waals surface area contributed by atoms with Crippen LogP contribution in [0.5, 0.6) is 5.75 Å². The quantitative estimate of drug-likeness (QED) is 0.664. The molecular formula is C25H34N2O4S. The van der Waals surface area contributed by atoms with Crippen LogP contribution < -0.4 is 10.1 Å². The first-order valence-corrected chi connectivity index (χ1v) is 12.7. The van der Waals surface area contributed by atoms with Gasteiger partial charge in [-0.15, -0.1) is 0 Å². The average molecular weight is 459 g/mol. The molecule has 0 aliphatic carbocycles. The largest absolute Gasteiger partial charge is 0.481 e. The van der Waals surface area contributed by atoms with Gasteiger partial charge in [0.1, 0.15) is 5.75 Å². The van der Waals surface area contributed by atoms with E-state index in [1.165, 1.54) is 5.56 Å². The molecule has 3 rings (SSSR count). The van der Waals surface area contributed by atoms with E-state index in [1.54, 1.807) is 35.5 Å². The van der Waals surface area contributed by atoms with E-state index in [2.05, 4.69) is 26.1 Å². The molecule has 1 atom stereocenters. The van der Waals surface area contributed by atoms with Gasteiger partial charge in [-0.2, -0.15) is 4.31 Å². The molecule has 0 radical (unpaired) electrons. The van der Waals surface area contributed by atoms with Crippen molar-refractivity contribution in [3.8, 4) is 5.75 Å². The van der Waals surface area contributed by atoms with Gasteiger partial charge in [0.15, 0.2) is 6.10 Å². The SMILES string of the molecule is C[C@@H](Oc1ccc(C(C)(C)C)cc1)C(=O)Nc1ccc(S(=O)(=O)N2CCCCCC2)cc1. The molecule has 7 heteroatoms. The molecule has 0 aromatic heterocycles. The second-order valence-electron chi connectivity index (χ2n) is 9.37. The lowest BCUT2D eigenvalue weighted by atomic mass is 9.87. The van der Waals surface area contributed by atoms with Gasteiger partial charge in [0.05, 0.1) is 4.90 Å². The van der Waals surface area contributed by atoms with Crippen LogP contribution in [0.4, 0.5) is 5.69 Å². The van der Waals surface area contributed by atoms with Crippen molar-refractivity contribution in [1.82, 2.24) is 4.31 Å². The van der Waals surface area contributed by atoms with Crippen molar-refractivity contribution in [3.05, 3.63) is 54.1 Å². The van der Waals surface area contributed by atoms with Gasteiger partial charge in [-0.25, -0.2) is 8.42 Å². The van der Waals surface area contributed by atoms with E-state index < -0.39 is 16.1 Å². The van der Waals surface area contributed by atoms with E-state index in [-0.39, 0.29) is 16.2 Å². The molecule has 1 fully saturated rings. The Morgan fingerprint density at radius 2 is 1.50 bits per heavy atom. The van der Waals surface area contributed by atoms with Gasteiger partial charge in [0.2, 0.25) is 10.0 Å². The standard InChI is InChI=1S/C25H34N2O4S/c1-19(31-22-13-9-20(10-14-22)25(2,3)4)24(28)26-21-11-15-23(16-12-21)32(29,30)27-17-7-5-6-8-18-27/h9-16,19H,5-8,17-18H2,1-4H3,(H,26,28)/t19-/m1/s1. The monoisotopic (exact) mass is 458 g/mol. The highest BCUT2D eigenvalue weighted by molar-refractivity contribution is 7.89. The topological polar surface area (TPSA) is 75.7 Å². The summed E-state index contributed by atoms with van der Waals surface area (Å²) in [6.07, 6.45) is 3.22. The first-order valence-electron chi connectivity index (χ1n) is 11.3. The highest BCUT2D eigenvalue weighted by atomic mass is 32.2. The van der Waals surface area contributed by atoms with E-state index in [0.29, 0.717) is 24.5 Å². The zero-order chi connectivity index (χ0) is 23.4. The summed E-state index contributed by atoms with van der Waals surface area (Å²) in [7, 11) is -3.51. The lowest BCUT2D eigenvalue weighted by Gasteiger charge is -2.20. The van der Waals surface area contributed by atoms with Crippen LogP contribution >= 0.6 is 0 Å². The third-order valence-electron chi connectivity index (χ3n) is 5.73. The molecular weight excluding hydrogens is 424 g/mol. The molecule has 2 aromatic rings. The van der Waals surface area contributed by atoms with Crippen LogP contribution in [0.1, 0.15) is 58.9 Å². The predicted molar refractivity (Wildman–Crippen MR) is 128 cm³/mol. The van der Waals surface area contributed by atoms with Crippen LogP contribution in [-0.2, 0) is 20.2 Å². The first-order chi connectivity index (χ1) is 15.1. The molecule has 0 unspecified atom stereocenters. The maximum atomic E-state index is 12.9. The Morgan fingerprint density at radius 3 is 2.03 bits per heavy atom. The highest BCUT2D eigenvalue weighted by Gasteiger charge is 2.25. The summed E-state index contributed by atoms with van der Waals surface area (Å²) in [5, 5.41) is 2.79. The smallest absolute Gasteiger partial charge is 0.265 e. The first kappa shape index (κ1) is 24.3. The number of sulfonamides is 1. The molecule has 1 amide bonds. The number of nitrogens with zero attached hydrogens (tertiary/aromatic N) is 1. The predicted octanol–water partition coefficient (Wildman–Crippen LogP) is 4.95. The van der Waals surface area contributed by atoms with Gasteiger partial charge in [-0.1, -0.05) is 45.7 Å². The minimum atomic E-state index is -3.51. The number of benzene rings is 2. The van der Waals surface area contributed by atoms with Gasteiger partial charge in [-0.05, 0) is 67.1 Å². The number of rotatable bonds is 6. The van der Waals surface area contributed by atoms with Gasteiger partial charge >= 0.3 is 0 Å². The summed E-state index contributed by atoms with van der Waals surface area (Å²) in [6, 6.07) is 14.1. The van der Waals surface area contributed by atoms with Crippen molar-refractivity contribution in [2.75, 3.05) is 18.4 Å². The van der Waals surface area contributed by atoms with Gasteiger partial charge in [0.25, 0.3) is 5.91 Å². The van der Waals surface area contributed by atoms with Crippen molar-refractivity contribution in [3.63, 3.8) is 0 Å². The van der Waals surface area contributed by atoms with E-state index in [0.717, 1.165) is 25.7 Å². The Bertz CT molecular complexity index is 1000. The molecule has 1 heterocycles. The minimum Gasteiger partial charge on any atom is -0.481 e. The third kappa shape index (κ3) is 6.11. The summed E-state index contributed by atoms with van der Waals surface area (Å²) in [4.78, 5) is 12.8. The van der Waals surface area contributed by atoms with Gasteiger partial charge in [-0.3, -0.25) is 4.79 Å². The van der Waals surface area contributed by atoms with Crippen LogP contribution in [0, 0.1) is 0 Å². The van der Waals surface area contributed by atoms with Crippen LogP contribution in [0.15, 0.2) is 53.4 Å². The molecule has 32 heavy (non-hydrogen) atoms. The van der Waals surface area contributed by atoms with Crippen LogP contribution in [0.3, 0.4) is 0 Å². The van der Waals surface area contributed by atoms with Crippen molar-refractivity contribution < 1.29 is 17.9 Å². The van der Waals surface area contributed by atoms with Crippen molar-refractivity contribution in [2.24, 2.45) is 0 Å². The lowest BCUT2D eigenvalue weighted by molar-refractivity contribution is -0.122. The number of anilines is 1. The average Bonchev–Trinajstić information content (AvgIpc) is 3.04. The Hall–Kier alpha value is -2.38. The van der Waals surface area contributed by atoms with Crippen LogP contribution in [0.25, 0.3) is 0 Å². The zero-order valence-corrected chi connectivity index (χ0v) is 20.2. The van der Waals surface area contributed by atoms with Crippen molar-refractivity contribution >= 4 is 21.6 Å². The Morgan fingerprint density at radius 1 is 0.938 bits per heavy atom. The van der Waals surface area contributed by atoms with E-state index >= 15 is 0 Å². The second kappa shape index (κ2) is 10.0. The third-order valence-corrected chi connectivity index (χ3v) is 7.64. The lowest BCUT2D eigenvalue weighted by Crippen LogP contribution is -2.32. The molecule has 174 valence electrons. The molecule has 0 bridgehead atoms. The molecule has 6 nitrogen and oxygen atoms in total. The van der Waals surface area contributed by atoms with Crippen molar-refractivity contribution in [2.45, 2.75) is 69.8 Å². The molecule has 0 spiro atoms. The van der Waals surface area contributed by atoms with E-state index in [9.17, 15) is 13.2 Å². The zero-order valence-electron chi connectivity index (χ0n) is 19.4. The molecule has 1 saturated heterocycles. The maximum absolute atomic E-state index is 12.9. The van der Waals surface area contributed by atoms with E-state index in [1.807, 2.05) is 24.3 Å².